The van der Waals surface area contributed by atoms with Gasteiger partial charge in [0.25, 0.3) is 0 Å². The van der Waals surface area contributed by atoms with E-state index < -0.39 is 0 Å². The monoisotopic (exact) mass is 185 g/mol. The van der Waals surface area contributed by atoms with Crippen molar-refractivity contribution >= 4 is 12.4 Å². The zero-order valence-electron chi connectivity index (χ0n) is 7.79. The Bertz CT molecular complexity index is 185. The molecule has 13 heavy (non-hydrogen) atoms. The molecule has 0 aromatic heterocycles. The largest absolute Gasteiger partial charge is 0.463 e. The maximum atomic E-state index is 10.6. The quantitative estimate of drug-likeness (QED) is 0.517. The molecule has 0 bridgehead atoms. The third-order valence-electron chi connectivity index (χ3n) is 2.31. The van der Waals surface area contributed by atoms with Crippen LogP contribution >= 0.6 is 0 Å². The summed E-state index contributed by atoms with van der Waals surface area (Å²) in [6.45, 7) is 1.43. The summed E-state index contributed by atoms with van der Waals surface area (Å²) in [4.78, 5) is 20.8. The van der Waals surface area contributed by atoms with Crippen molar-refractivity contribution in [1.29, 1.82) is 0 Å². The molecule has 1 fully saturated rings. The highest BCUT2D eigenvalue weighted by Gasteiger charge is 2.22. The Hall–Kier alpha value is -1.06. The van der Waals surface area contributed by atoms with Crippen molar-refractivity contribution in [2.45, 2.75) is 44.8 Å². The molecular weight excluding hydrogens is 170 g/mol. The standard InChI is InChI=1S/C9H15NO3/c1-7(12)13-9-4-2-8(3-5-9)10-6-11/h6,8-9H,2-5H2,1H3,(H,10,11). The molecule has 0 aromatic rings. The molecule has 0 spiro atoms. The normalized spacial score (nSPS) is 27.8. The zero-order chi connectivity index (χ0) is 9.68. The SMILES string of the molecule is CC(=O)OC1CCC(NC=O)CC1. The van der Waals surface area contributed by atoms with E-state index in [0.29, 0.717) is 0 Å². The van der Waals surface area contributed by atoms with E-state index in [1.54, 1.807) is 0 Å². The first kappa shape index (κ1) is 10.0. The summed E-state index contributed by atoms with van der Waals surface area (Å²) in [7, 11) is 0. The maximum Gasteiger partial charge on any atom is 0.302 e. The predicted molar refractivity (Wildman–Crippen MR) is 47.0 cm³/mol. The molecule has 0 atom stereocenters. The van der Waals surface area contributed by atoms with E-state index in [-0.39, 0.29) is 18.1 Å². The van der Waals surface area contributed by atoms with Crippen LogP contribution in [0.15, 0.2) is 0 Å². The Morgan fingerprint density at radius 1 is 1.38 bits per heavy atom. The number of ether oxygens (including phenoxy) is 1. The Kier molecular flexibility index (Phi) is 3.73. The lowest BCUT2D eigenvalue weighted by Gasteiger charge is -2.27. The molecule has 74 valence electrons. The number of rotatable bonds is 3. The van der Waals surface area contributed by atoms with E-state index >= 15 is 0 Å². The smallest absolute Gasteiger partial charge is 0.302 e. The number of carbonyl (C=O) groups excluding carboxylic acids is 2. The summed E-state index contributed by atoms with van der Waals surface area (Å²) in [5, 5.41) is 2.74. The van der Waals surface area contributed by atoms with Crippen LogP contribution in [0.5, 0.6) is 0 Å². The van der Waals surface area contributed by atoms with Crippen molar-refractivity contribution in [2.24, 2.45) is 0 Å². The molecule has 0 heterocycles. The molecular formula is C9H15NO3. The van der Waals surface area contributed by atoms with Gasteiger partial charge in [-0.15, -0.1) is 0 Å². The number of nitrogens with one attached hydrogen (secondary N) is 1. The van der Waals surface area contributed by atoms with E-state index in [1.807, 2.05) is 0 Å². The van der Waals surface area contributed by atoms with E-state index in [1.165, 1.54) is 6.92 Å². The van der Waals surface area contributed by atoms with Gasteiger partial charge in [0.15, 0.2) is 0 Å². The second kappa shape index (κ2) is 4.84. The minimum Gasteiger partial charge on any atom is -0.463 e. The predicted octanol–water partition coefficient (Wildman–Crippen LogP) is 0.607. The minimum absolute atomic E-state index is 0.0576. The molecule has 1 aliphatic carbocycles. The number of hydrogen-bond acceptors (Lipinski definition) is 3. The average Bonchev–Trinajstić information content (AvgIpc) is 2.08. The molecule has 1 N–H and O–H groups in total. The molecule has 1 amide bonds. The summed E-state index contributed by atoms with van der Waals surface area (Å²) >= 11 is 0. The Balaban J connectivity index is 2.22. The lowest BCUT2D eigenvalue weighted by Crippen LogP contribution is -2.34. The Labute approximate surface area is 77.6 Å². The zero-order valence-corrected chi connectivity index (χ0v) is 7.79. The van der Waals surface area contributed by atoms with Crippen LogP contribution in [0.3, 0.4) is 0 Å². The van der Waals surface area contributed by atoms with Crippen molar-refractivity contribution in [1.82, 2.24) is 5.32 Å². The average molecular weight is 185 g/mol. The van der Waals surface area contributed by atoms with Gasteiger partial charge in [0.2, 0.25) is 6.41 Å². The van der Waals surface area contributed by atoms with Gasteiger partial charge in [-0.2, -0.15) is 0 Å². The number of esters is 1. The van der Waals surface area contributed by atoms with Crippen molar-refractivity contribution in [3.8, 4) is 0 Å². The van der Waals surface area contributed by atoms with Gasteiger partial charge in [0, 0.05) is 13.0 Å². The van der Waals surface area contributed by atoms with Gasteiger partial charge in [-0.1, -0.05) is 0 Å². The number of amides is 1. The molecule has 0 unspecified atom stereocenters. The van der Waals surface area contributed by atoms with Gasteiger partial charge in [-0.05, 0) is 25.7 Å². The fourth-order valence-corrected chi connectivity index (χ4v) is 1.68. The molecule has 0 aliphatic heterocycles. The van der Waals surface area contributed by atoms with Gasteiger partial charge in [0.1, 0.15) is 6.10 Å². The van der Waals surface area contributed by atoms with Crippen molar-refractivity contribution in [2.75, 3.05) is 0 Å². The van der Waals surface area contributed by atoms with Gasteiger partial charge in [0.05, 0.1) is 0 Å². The van der Waals surface area contributed by atoms with Crippen LogP contribution in [-0.2, 0) is 14.3 Å². The van der Waals surface area contributed by atoms with Crippen LogP contribution in [0.1, 0.15) is 32.6 Å². The number of hydrogen-bond donors (Lipinski definition) is 1. The molecule has 1 rings (SSSR count). The summed E-state index contributed by atoms with van der Waals surface area (Å²) in [5.74, 6) is -0.216. The summed E-state index contributed by atoms with van der Waals surface area (Å²) in [6, 6.07) is 0.268. The second-order valence-electron chi connectivity index (χ2n) is 3.37. The molecule has 0 radical (unpaired) electrons. The van der Waals surface area contributed by atoms with Crippen molar-refractivity contribution in [3.05, 3.63) is 0 Å². The van der Waals surface area contributed by atoms with E-state index in [4.69, 9.17) is 4.74 Å². The van der Waals surface area contributed by atoms with Crippen molar-refractivity contribution < 1.29 is 14.3 Å². The number of carbonyl (C=O) groups is 2. The van der Waals surface area contributed by atoms with Crippen LogP contribution in [0.4, 0.5) is 0 Å². The molecule has 1 aliphatic rings. The highest BCUT2D eigenvalue weighted by molar-refractivity contribution is 5.66. The minimum atomic E-state index is -0.216. The Morgan fingerprint density at radius 2 is 2.00 bits per heavy atom. The molecule has 0 saturated heterocycles. The Morgan fingerprint density at radius 3 is 2.46 bits per heavy atom. The van der Waals surface area contributed by atoms with Gasteiger partial charge in [-0.3, -0.25) is 9.59 Å². The van der Waals surface area contributed by atoms with Crippen LogP contribution in [0.25, 0.3) is 0 Å². The van der Waals surface area contributed by atoms with Gasteiger partial charge in [-0.25, -0.2) is 0 Å². The van der Waals surface area contributed by atoms with Gasteiger partial charge >= 0.3 is 5.97 Å². The molecule has 4 heteroatoms. The highest BCUT2D eigenvalue weighted by Crippen LogP contribution is 2.20. The van der Waals surface area contributed by atoms with E-state index in [0.717, 1.165) is 32.1 Å². The fourth-order valence-electron chi connectivity index (χ4n) is 1.68. The van der Waals surface area contributed by atoms with Crippen LogP contribution in [-0.4, -0.2) is 24.5 Å². The lowest BCUT2D eigenvalue weighted by molar-refractivity contribution is -0.148. The van der Waals surface area contributed by atoms with Gasteiger partial charge < -0.3 is 10.1 Å². The lowest BCUT2D eigenvalue weighted by atomic mass is 9.93. The first-order chi connectivity index (χ1) is 6.22. The first-order valence-corrected chi connectivity index (χ1v) is 4.59. The van der Waals surface area contributed by atoms with Crippen LogP contribution < -0.4 is 5.32 Å². The summed E-state index contributed by atoms with van der Waals surface area (Å²) in [6.07, 6.45) is 4.29. The third-order valence-corrected chi connectivity index (χ3v) is 2.31. The summed E-state index contributed by atoms with van der Waals surface area (Å²) < 4.78 is 5.06. The summed E-state index contributed by atoms with van der Waals surface area (Å²) in [5.41, 5.74) is 0. The van der Waals surface area contributed by atoms with E-state index in [9.17, 15) is 9.59 Å². The van der Waals surface area contributed by atoms with Crippen molar-refractivity contribution in [3.63, 3.8) is 0 Å². The van der Waals surface area contributed by atoms with Crippen LogP contribution in [0, 0.1) is 0 Å². The molecule has 4 nitrogen and oxygen atoms in total. The van der Waals surface area contributed by atoms with E-state index in [2.05, 4.69) is 5.32 Å². The first-order valence-electron chi connectivity index (χ1n) is 4.59. The fraction of sp³-hybridized carbons (Fsp3) is 0.778. The van der Waals surface area contributed by atoms with Crippen LogP contribution in [0.2, 0.25) is 0 Å². The second-order valence-corrected chi connectivity index (χ2v) is 3.37. The molecule has 1 saturated carbocycles. The maximum absolute atomic E-state index is 10.6. The topological polar surface area (TPSA) is 55.4 Å². The molecule has 0 aromatic carbocycles. The third kappa shape index (κ3) is 3.44. The highest BCUT2D eigenvalue weighted by atomic mass is 16.5.